The molecule has 1 aromatic rings. The molecule has 1 N–H and O–H groups in total. The highest BCUT2D eigenvalue weighted by atomic mass is 16.7. The van der Waals surface area contributed by atoms with Gasteiger partial charge in [0.15, 0.2) is 11.5 Å². The van der Waals surface area contributed by atoms with E-state index in [4.69, 9.17) is 14.7 Å². The van der Waals surface area contributed by atoms with Crippen molar-refractivity contribution in [3.8, 4) is 17.6 Å². The first-order chi connectivity index (χ1) is 8.73. The number of ether oxygens (including phenoxy) is 2. The zero-order valence-corrected chi connectivity index (χ0v) is 9.73. The summed E-state index contributed by atoms with van der Waals surface area (Å²) in [6.07, 6.45) is 2.21. The summed E-state index contributed by atoms with van der Waals surface area (Å²) in [5, 5.41) is 11.9. The average molecular weight is 244 g/mol. The van der Waals surface area contributed by atoms with E-state index in [2.05, 4.69) is 11.4 Å². The third kappa shape index (κ3) is 1.58. The number of benzene rings is 1. The Morgan fingerprint density at radius 1 is 1.33 bits per heavy atom. The van der Waals surface area contributed by atoms with Crippen LogP contribution in [-0.2, 0) is 4.79 Å². The lowest BCUT2D eigenvalue weighted by Gasteiger charge is -2.33. The van der Waals surface area contributed by atoms with Crippen LogP contribution in [0.5, 0.6) is 11.5 Å². The minimum atomic E-state index is -0.837. The lowest BCUT2D eigenvalue weighted by molar-refractivity contribution is -0.126. The lowest BCUT2D eigenvalue weighted by Crippen LogP contribution is -2.40. The molecule has 0 aromatic heterocycles. The Balaban J connectivity index is 1.77. The van der Waals surface area contributed by atoms with Crippen LogP contribution in [-0.4, -0.2) is 12.7 Å². The fourth-order valence-electron chi connectivity index (χ4n) is 2.14. The van der Waals surface area contributed by atoms with E-state index in [1.807, 2.05) is 0 Å². The number of amides is 1. The van der Waals surface area contributed by atoms with Crippen molar-refractivity contribution in [2.24, 2.45) is 5.41 Å². The van der Waals surface area contributed by atoms with E-state index in [0.717, 1.165) is 6.42 Å². The van der Waals surface area contributed by atoms with Crippen molar-refractivity contribution >= 4 is 11.6 Å². The molecular formula is C13H12N2O3. The molecule has 92 valence electrons. The predicted octanol–water partition coefficient (Wildman–Crippen LogP) is 2.05. The van der Waals surface area contributed by atoms with Crippen LogP contribution in [0.2, 0.25) is 0 Å². The fourth-order valence-corrected chi connectivity index (χ4v) is 2.14. The molecular weight excluding hydrogens is 232 g/mol. The zero-order valence-electron chi connectivity index (χ0n) is 9.73. The number of carbonyl (C=O) groups excluding carboxylic acids is 1. The summed E-state index contributed by atoms with van der Waals surface area (Å²) in [5.41, 5.74) is -0.207. The smallest absolute Gasteiger partial charge is 0.244 e. The van der Waals surface area contributed by atoms with Crippen molar-refractivity contribution in [3.05, 3.63) is 18.2 Å². The molecule has 1 saturated carbocycles. The first-order valence-corrected chi connectivity index (χ1v) is 5.86. The highest BCUT2D eigenvalue weighted by Gasteiger charge is 2.44. The van der Waals surface area contributed by atoms with Gasteiger partial charge in [0.1, 0.15) is 5.41 Å². The average Bonchev–Trinajstić information content (AvgIpc) is 2.75. The Morgan fingerprint density at radius 3 is 2.78 bits per heavy atom. The number of fused-ring (bicyclic) bond motifs is 1. The summed E-state index contributed by atoms with van der Waals surface area (Å²) >= 11 is 0. The standard InChI is InChI=1S/C13H12N2O3/c14-7-13(4-1-5-13)12(16)15-9-2-3-10-11(6-9)18-8-17-10/h2-3,6H,1,4-5,8H2,(H,15,16). The zero-order chi connectivity index (χ0) is 12.6. The van der Waals surface area contributed by atoms with Crippen LogP contribution in [0.4, 0.5) is 5.69 Å². The molecule has 1 heterocycles. The van der Waals surface area contributed by atoms with Gasteiger partial charge in [0.25, 0.3) is 0 Å². The Kier molecular flexibility index (Phi) is 2.37. The van der Waals surface area contributed by atoms with Gasteiger partial charge in [-0.05, 0) is 31.4 Å². The minimum absolute atomic E-state index is 0.203. The number of nitrogens with one attached hydrogen (secondary N) is 1. The number of carbonyl (C=O) groups is 1. The molecule has 1 aliphatic carbocycles. The van der Waals surface area contributed by atoms with E-state index in [1.54, 1.807) is 18.2 Å². The van der Waals surface area contributed by atoms with Gasteiger partial charge in [-0.25, -0.2) is 0 Å². The molecule has 0 radical (unpaired) electrons. The number of anilines is 1. The summed E-state index contributed by atoms with van der Waals surface area (Å²) < 4.78 is 10.4. The van der Waals surface area contributed by atoms with Crippen molar-refractivity contribution in [3.63, 3.8) is 0 Å². The maximum absolute atomic E-state index is 12.0. The van der Waals surface area contributed by atoms with Gasteiger partial charge in [-0.3, -0.25) is 4.79 Å². The fraction of sp³-hybridized carbons (Fsp3) is 0.385. The summed E-state index contributed by atoms with van der Waals surface area (Å²) in [7, 11) is 0. The van der Waals surface area contributed by atoms with E-state index in [1.165, 1.54) is 0 Å². The third-order valence-corrected chi connectivity index (χ3v) is 3.49. The van der Waals surface area contributed by atoms with Crippen molar-refractivity contribution in [2.75, 3.05) is 12.1 Å². The molecule has 0 unspecified atom stereocenters. The van der Waals surface area contributed by atoms with E-state index in [0.29, 0.717) is 30.0 Å². The van der Waals surface area contributed by atoms with Crippen LogP contribution in [0.25, 0.3) is 0 Å². The second-order valence-electron chi connectivity index (χ2n) is 4.57. The molecule has 1 fully saturated rings. The van der Waals surface area contributed by atoms with Gasteiger partial charge >= 0.3 is 0 Å². The Labute approximate surface area is 104 Å². The van der Waals surface area contributed by atoms with Gasteiger partial charge < -0.3 is 14.8 Å². The van der Waals surface area contributed by atoms with Crippen molar-refractivity contribution in [1.82, 2.24) is 0 Å². The summed E-state index contributed by atoms with van der Waals surface area (Å²) in [5.74, 6) is 1.06. The predicted molar refractivity (Wildman–Crippen MR) is 63.1 cm³/mol. The maximum atomic E-state index is 12.0. The quantitative estimate of drug-likeness (QED) is 0.864. The maximum Gasteiger partial charge on any atom is 0.244 e. The van der Waals surface area contributed by atoms with Gasteiger partial charge in [-0.15, -0.1) is 0 Å². The van der Waals surface area contributed by atoms with Gasteiger partial charge in [-0.1, -0.05) is 0 Å². The Morgan fingerprint density at radius 2 is 2.11 bits per heavy atom. The molecule has 1 aliphatic heterocycles. The monoisotopic (exact) mass is 244 g/mol. The number of hydrogen-bond donors (Lipinski definition) is 1. The normalized spacial score (nSPS) is 18.6. The second-order valence-corrected chi connectivity index (χ2v) is 4.57. The number of nitriles is 1. The molecule has 5 nitrogen and oxygen atoms in total. The van der Waals surface area contributed by atoms with Crippen LogP contribution < -0.4 is 14.8 Å². The number of nitrogens with zero attached hydrogens (tertiary/aromatic N) is 1. The van der Waals surface area contributed by atoms with Crippen LogP contribution in [0.15, 0.2) is 18.2 Å². The summed E-state index contributed by atoms with van der Waals surface area (Å²) in [4.78, 5) is 12.0. The molecule has 0 saturated heterocycles. The van der Waals surface area contributed by atoms with E-state index in [9.17, 15) is 4.79 Å². The molecule has 5 heteroatoms. The molecule has 3 rings (SSSR count). The summed E-state index contributed by atoms with van der Waals surface area (Å²) in [6.45, 7) is 0.203. The molecule has 2 aliphatic rings. The van der Waals surface area contributed by atoms with Gasteiger partial charge in [0, 0.05) is 11.8 Å². The Hall–Kier alpha value is -2.22. The second kappa shape index (κ2) is 3.91. The largest absolute Gasteiger partial charge is 0.454 e. The molecule has 1 amide bonds. The molecule has 1 aromatic carbocycles. The molecule has 0 spiro atoms. The topological polar surface area (TPSA) is 71.4 Å². The van der Waals surface area contributed by atoms with Gasteiger partial charge in [0.05, 0.1) is 6.07 Å². The van der Waals surface area contributed by atoms with Gasteiger partial charge in [0.2, 0.25) is 12.7 Å². The highest BCUT2D eigenvalue weighted by molar-refractivity contribution is 5.98. The number of rotatable bonds is 2. The Bertz CT molecular complexity index is 544. The molecule has 0 bridgehead atoms. The van der Waals surface area contributed by atoms with Crippen molar-refractivity contribution in [1.29, 1.82) is 5.26 Å². The van der Waals surface area contributed by atoms with Crippen molar-refractivity contribution < 1.29 is 14.3 Å². The van der Waals surface area contributed by atoms with E-state index < -0.39 is 5.41 Å². The summed E-state index contributed by atoms with van der Waals surface area (Å²) in [6, 6.07) is 7.32. The number of hydrogen-bond acceptors (Lipinski definition) is 4. The van der Waals surface area contributed by atoms with E-state index in [-0.39, 0.29) is 12.7 Å². The van der Waals surface area contributed by atoms with Crippen LogP contribution in [0, 0.1) is 16.7 Å². The first kappa shape index (κ1) is 10.9. The van der Waals surface area contributed by atoms with Crippen molar-refractivity contribution in [2.45, 2.75) is 19.3 Å². The minimum Gasteiger partial charge on any atom is -0.454 e. The SMILES string of the molecule is N#CC1(C(=O)Nc2ccc3c(c2)OCO3)CCC1. The van der Waals surface area contributed by atoms with Gasteiger partial charge in [-0.2, -0.15) is 5.26 Å². The third-order valence-electron chi connectivity index (χ3n) is 3.49. The molecule has 0 atom stereocenters. The molecule has 18 heavy (non-hydrogen) atoms. The van der Waals surface area contributed by atoms with Crippen LogP contribution >= 0.6 is 0 Å². The first-order valence-electron chi connectivity index (χ1n) is 5.86. The highest BCUT2D eigenvalue weighted by Crippen LogP contribution is 2.41. The van der Waals surface area contributed by atoms with E-state index >= 15 is 0 Å². The lowest BCUT2D eigenvalue weighted by atomic mass is 9.69. The van der Waals surface area contributed by atoms with Crippen LogP contribution in [0.1, 0.15) is 19.3 Å². The van der Waals surface area contributed by atoms with Crippen LogP contribution in [0.3, 0.4) is 0 Å².